The molecule has 0 amide bonds. The molecule has 0 aliphatic heterocycles. The van der Waals surface area contributed by atoms with E-state index < -0.39 is 0 Å². The first-order chi connectivity index (χ1) is 13.1. The van der Waals surface area contributed by atoms with Crippen LogP contribution in [-0.2, 0) is 6.54 Å². The molecule has 0 spiro atoms. The Morgan fingerprint density at radius 1 is 0.815 bits per heavy atom. The van der Waals surface area contributed by atoms with E-state index in [1.807, 2.05) is 24.3 Å². The van der Waals surface area contributed by atoms with Crippen molar-refractivity contribution in [2.75, 3.05) is 40.9 Å². The van der Waals surface area contributed by atoms with Crippen LogP contribution >= 0.6 is 12.2 Å². The molecule has 8 heteroatoms. The van der Waals surface area contributed by atoms with E-state index in [0.29, 0.717) is 40.4 Å². The Labute approximate surface area is 164 Å². The van der Waals surface area contributed by atoms with Gasteiger partial charge in [0, 0.05) is 18.2 Å². The Morgan fingerprint density at radius 3 is 2.11 bits per heavy atom. The van der Waals surface area contributed by atoms with Gasteiger partial charge in [0.05, 0.1) is 41.2 Å². The Balaban J connectivity index is 2.10. The fourth-order valence-corrected chi connectivity index (χ4v) is 2.73. The maximum atomic E-state index is 5.48. The van der Waals surface area contributed by atoms with Gasteiger partial charge in [0.1, 0.15) is 11.5 Å². The highest BCUT2D eigenvalue weighted by Gasteiger charge is 2.16. The van der Waals surface area contributed by atoms with Gasteiger partial charge in [-0.25, -0.2) is 0 Å². The zero-order valence-electron chi connectivity index (χ0n) is 16.0. The molecule has 27 heavy (non-hydrogen) atoms. The normalized spacial score (nSPS) is 9.96. The summed E-state index contributed by atoms with van der Waals surface area (Å²) in [4.78, 5) is 0. The summed E-state index contributed by atoms with van der Waals surface area (Å²) >= 11 is 5.39. The van der Waals surface area contributed by atoms with E-state index in [0.717, 1.165) is 11.3 Å². The molecule has 2 aromatic carbocycles. The maximum absolute atomic E-state index is 5.48. The number of rotatable bonds is 8. The lowest BCUT2D eigenvalue weighted by Gasteiger charge is -2.17. The first kappa shape index (κ1) is 20.4. The van der Waals surface area contributed by atoms with Crippen molar-refractivity contribution in [2.24, 2.45) is 0 Å². The summed E-state index contributed by atoms with van der Waals surface area (Å²) in [5, 5.41) is 6.70. The summed E-state index contributed by atoms with van der Waals surface area (Å²) in [6.45, 7) is 0.438. The van der Waals surface area contributed by atoms with Gasteiger partial charge >= 0.3 is 0 Å². The van der Waals surface area contributed by atoms with Crippen molar-refractivity contribution in [2.45, 2.75) is 6.54 Å². The Kier molecular flexibility index (Phi) is 7.36. The molecule has 2 N–H and O–H groups in total. The molecular formula is C19H24N2O5S. The number of hydrogen-bond acceptors (Lipinski definition) is 6. The predicted molar refractivity (Wildman–Crippen MR) is 109 cm³/mol. The van der Waals surface area contributed by atoms with E-state index in [9.17, 15) is 0 Å². The topological polar surface area (TPSA) is 70.2 Å². The highest BCUT2D eigenvalue weighted by molar-refractivity contribution is 7.80. The third kappa shape index (κ3) is 4.85. The van der Waals surface area contributed by atoms with Gasteiger partial charge in [0.25, 0.3) is 0 Å². The van der Waals surface area contributed by atoms with Crippen LogP contribution in [0.5, 0.6) is 28.7 Å². The lowest BCUT2D eigenvalue weighted by molar-refractivity contribution is 0.322. The average Bonchev–Trinajstić information content (AvgIpc) is 2.71. The van der Waals surface area contributed by atoms with E-state index in [-0.39, 0.29) is 0 Å². The van der Waals surface area contributed by atoms with E-state index in [2.05, 4.69) is 10.6 Å². The third-order valence-electron chi connectivity index (χ3n) is 3.88. The van der Waals surface area contributed by atoms with Gasteiger partial charge in [0.15, 0.2) is 16.6 Å². The van der Waals surface area contributed by atoms with Gasteiger partial charge < -0.3 is 34.3 Å². The molecule has 0 unspecified atom stereocenters. The van der Waals surface area contributed by atoms with Crippen LogP contribution in [0.3, 0.4) is 0 Å². The summed E-state index contributed by atoms with van der Waals surface area (Å²) in [6, 6.07) is 9.15. The van der Waals surface area contributed by atoms with Crippen LogP contribution in [0, 0.1) is 0 Å². The molecule has 0 aliphatic carbocycles. The molecule has 0 fully saturated rings. The first-order valence-corrected chi connectivity index (χ1v) is 8.53. The smallest absolute Gasteiger partial charge is 0.203 e. The van der Waals surface area contributed by atoms with E-state index in [1.165, 1.54) is 0 Å². The second-order valence-corrected chi connectivity index (χ2v) is 5.78. The number of ether oxygens (including phenoxy) is 5. The molecule has 0 bridgehead atoms. The molecule has 0 aliphatic rings. The molecule has 146 valence electrons. The van der Waals surface area contributed by atoms with Crippen LogP contribution in [0.2, 0.25) is 0 Å². The van der Waals surface area contributed by atoms with Crippen molar-refractivity contribution < 1.29 is 23.7 Å². The fourth-order valence-electron chi connectivity index (χ4n) is 2.55. The molecular weight excluding hydrogens is 368 g/mol. The fraction of sp³-hybridized carbons (Fsp3) is 0.316. The van der Waals surface area contributed by atoms with Gasteiger partial charge in [-0.3, -0.25) is 0 Å². The summed E-state index contributed by atoms with van der Waals surface area (Å²) in [5.41, 5.74) is 1.61. The second kappa shape index (κ2) is 9.72. The van der Waals surface area contributed by atoms with Crippen molar-refractivity contribution in [3.05, 3.63) is 35.9 Å². The van der Waals surface area contributed by atoms with Crippen molar-refractivity contribution in [3.63, 3.8) is 0 Å². The highest BCUT2D eigenvalue weighted by atomic mass is 32.1. The molecule has 0 radical (unpaired) electrons. The zero-order valence-corrected chi connectivity index (χ0v) is 16.9. The monoisotopic (exact) mass is 392 g/mol. The second-order valence-electron chi connectivity index (χ2n) is 5.37. The van der Waals surface area contributed by atoms with Crippen molar-refractivity contribution in [1.82, 2.24) is 5.32 Å². The molecule has 0 atom stereocenters. The Hall–Kier alpha value is -2.87. The predicted octanol–water partition coefficient (Wildman–Crippen LogP) is 3.22. The third-order valence-corrected chi connectivity index (χ3v) is 4.13. The minimum Gasteiger partial charge on any atom is -0.497 e. The SMILES string of the molecule is COc1ccc(NC(=S)NCc2ccc(OC)c(OC)c2OC)c(OC)c1. The van der Waals surface area contributed by atoms with Gasteiger partial charge in [-0.1, -0.05) is 0 Å². The summed E-state index contributed by atoms with van der Waals surface area (Å²) in [5.74, 6) is 3.06. The van der Waals surface area contributed by atoms with Crippen LogP contribution < -0.4 is 34.3 Å². The molecule has 2 rings (SSSR count). The van der Waals surface area contributed by atoms with E-state index >= 15 is 0 Å². The van der Waals surface area contributed by atoms with Gasteiger partial charge in [-0.2, -0.15) is 0 Å². The van der Waals surface area contributed by atoms with Crippen molar-refractivity contribution in [3.8, 4) is 28.7 Å². The Bertz CT molecular complexity index is 798. The molecule has 2 aromatic rings. The van der Waals surface area contributed by atoms with Crippen LogP contribution in [0.25, 0.3) is 0 Å². The van der Waals surface area contributed by atoms with Crippen molar-refractivity contribution >= 4 is 23.0 Å². The maximum Gasteiger partial charge on any atom is 0.203 e. The molecule has 0 saturated heterocycles. The average molecular weight is 392 g/mol. The lowest BCUT2D eigenvalue weighted by atomic mass is 10.1. The number of thiocarbonyl (C=S) groups is 1. The highest BCUT2D eigenvalue weighted by Crippen LogP contribution is 2.39. The van der Waals surface area contributed by atoms with Gasteiger partial charge in [-0.15, -0.1) is 0 Å². The minimum absolute atomic E-state index is 0.438. The first-order valence-electron chi connectivity index (χ1n) is 8.12. The van der Waals surface area contributed by atoms with E-state index in [4.69, 9.17) is 35.9 Å². The van der Waals surface area contributed by atoms with Crippen molar-refractivity contribution in [1.29, 1.82) is 0 Å². The number of benzene rings is 2. The largest absolute Gasteiger partial charge is 0.497 e. The number of methoxy groups -OCH3 is 5. The minimum atomic E-state index is 0.438. The summed E-state index contributed by atoms with van der Waals surface area (Å²) < 4.78 is 26.7. The Morgan fingerprint density at radius 2 is 1.52 bits per heavy atom. The zero-order chi connectivity index (χ0) is 19.8. The summed E-state index contributed by atoms with van der Waals surface area (Å²) in [6.07, 6.45) is 0. The molecule has 0 saturated carbocycles. The quantitative estimate of drug-likeness (QED) is 0.664. The van der Waals surface area contributed by atoms with Gasteiger partial charge in [0.2, 0.25) is 5.75 Å². The van der Waals surface area contributed by atoms with Gasteiger partial charge in [-0.05, 0) is 36.5 Å². The molecule has 0 aromatic heterocycles. The van der Waals surface area contributed by atoms with Crippen LogP contribution in [0.1, 0.15) is 5.56 Å². The standard InChI is InChI=1S/C19H24N2O5S/c1-22-13-7-8-14(16(10-13)24-3)21-19(27)20-11-12-6-9-15(23-2)18(26-5)17(12)25-4/h6-10H,11H2,1-5H3,(H2,20,21,27). The van der Waals surface area contributed by atoms with Crippen LogP contribution in [0.15, 0.2) is 30.3 Å². The lowest BCUT2D eigenvalue weighted by Crippen LogP contribution is -2.28. The summed E-state index contributed by atoms with van der Waals surface area (Å²) in [7, 11) is 7.92. The number of nitrogens with one attached hydrogen (secondary N) is 2. The number of hydrogen-bond donors (Lipinski definition) is 2. The van der Waals surface area contributed by atoms with Crippen LogP contribution in [0.4, 0.5) is 5.69 Å². The molecule has 0 heterocycles. The number of anilines is 1. The molecule has 7 nitrogen and oxygen atoms in total. The van der Waals surface area contributed by atoms with E-state index in [1.54, 1.807) is 41.6 Å². The van der Waals surface area contributed by atoms with Crippen LogP contribution in [-0.4, -0.2) is 40.7 Å².